The Morgan fingerprint density at radius 3 is 2.40 bits per heavy atom. The van der Waals surface area contributed by atoms with Gasteiger partial charge in [-0.25, -0.2) is 0 Å². The third-order valence-electron chi connectivity index (χ3n) is 0.194. The molecule has 0 radical (unpaired) electrons. The zero-order chi connectivity index (χ0) is 4.12. The zero-order valence-electron chi connectivity index (χ0n) is 2.69. The Morgan fingerprint density at radius 2 is 2.40 bits per heavy atom. The first-order chi connectivity index (χ1) is 2.41. The molecule has 1 N–H and O–H groups in total. The fraction of sp³-hybridized carbons (Fsp3) is 0.333. The van der Waals surface area contributed by atoms with E-state index >= 15 is 0 Å². The van der Waals surface area contributed by atoms with Crippen LogP contribution in [0.2, 0.25) is 0 Å². The summed E-state index contributed by atoms with van der Waals surface area (Å²) >= 11 is 4.96. The summed E-state index contributed by atoms with van der Waals surface area (Å²) in [5.74, 6) is 0. The molecule has 1 nitrogen and oxygen atoms in total. The zero-order valence-corrected chi connectivity index (χ0v) is 3.44. The van der Waals surface area contributed by atoms with E-state index in [0.717, 1.165) is 0 Å². The first-order valence-electron chi connectivity index (χ1n) is 1.28. The molecular weight excluding hydrogens is 87.5 g/mol. The van der Waals surface area contributed by atoms with Crippen molar-refractivity contribution in [2.24, 2.45) is 0 Å². The second kappa shape index (κ2) is 3.99. The molecule has 0 fully saturated rings. The molecular formula is C3H5ClO. The van der Waals surface area contributed by atoms with Gasteiger partial charge in [-0.3, -0.25) is 0 Å². The topological polar surface area (TPSA) is 20.2 Å². The minimum absolute atomic E-state index is 0.0312. The van der Waals surface area contributed by atoms with E-state index < -0.39 is 0 Å². The van der Waals surface area contributed by atoms with Gasteiger partial charge in [-0.15, -0.1) is 0 Å². The summed E-state index contributed by atoms with van der Waals surface area (Å²) in [5, 5.41) is 7.90. The van der Waals surface area contributed by atoms with Gasteiger partial charge in [0.25, 0.3) is 0 Å². The molecule has 0 aliphatic rings. The van der Waals surface area contributed by atoms with Crippen molar-refractivity contribution in [3.8, 4) is 0 Å². The number of aliphatic hydroxyl groups excluding tert-OH is 1. The lowest BCUT2D eigenvalue weighted by Crippen LogP contribution is -1.64. The smallest absolute Gasteiger partial charge is 0.0623 e. The maximum Gasteiger partial charge on any atom is 0.0623 e. The van der Waals surface area contributed by atoms with E-state index in [2.05, 4.69) is 0 Å². The van der Waals surface area contributed by atoms with E-state index in [9.17, 15) is 0 Å². The number of rotatable bonds is 1. The number of hydrogen-bond acceptors (Lipinski definition) is 1. The highest BCUT2D eigenvalue weighted by atomic mass is 35.5. The molecule has 0 atom stereocenters. The van der Waals surface area contributed by atoms with E-state index in [4.69, 9.17) is 16.7 Å². The average molecular weight is 92.5 g/mol. The van der Waals surface area contributed by atoms with Gasteiger partial charge >= 0.3 is 0 Å². The Hall–Kier alpha value is -0.0100. The lowest BCUT2D eigenvalue weighted by Gasteiger charge is -1.64. The number of hydrogen-bond donors (Lipinski definition) is 1. The van der Waals surface area contributed by atoms with Crippen molar-refractivity contribution >= 4 is 11.6 Å². The Balaban J connectivity index is 2.62. The van der Waals surface area contributed by atoms with Crippen molar-refractivity contribution in [3.05, 3.63) is 11.6 Å². The standard InChI is InChI=1S/C3H5ClO/c4-2-1-3-5/h1-2,5H,3H2. The van der Waals surface area contributed by atoms with Crippen molar-refractivity contribution < 1.29 is 5.11 Å². The number of aliphatic hydroxyl groups is 1. The summed E-state index contributed by atoms with van der Waals surface area (Å²) in [6.45, 7) is 0.0312. The van der Waals surface area contributed by atoms with Crippen LogP contribution in [0.25, 0.3) is 0 Å². The van der Waals surface area contributed by atoms with Crippen LogP contribution in [0.1, 0.15) is 0 Å². The van der Waals surface area contributed by atoms with Gasteiger partial charge in [0.15, 0.2) is 0 Å². The van der Waals surface area contributed by atoms with Gasteiger partial charge in [-0.05, 0) is 6.08 Å². The van der Waals surface area contributed by atoms with Crippen LogP contribution >= 0.6 is 11.6 Å². The lowest BCUT2D eigenvalue weighted by molar-refractivity contribution is 0.343. The van der Waals surface area contributed by atoms with Crippen molar-refractivity contribution in [1.29, 1.82) is 0 Å². The van der Waals surface area contributed by atoms with Crippen LogP contribution < -0.4 is 0 Å². The van der Waals surface area contributed by atoms with Gasteiger partial charge in [0.05, 0.1) is 6.61 Å². The van der Waals surface area contributed by atoms with Crippen LogP contribution in [0.3, 0.4) is 0 Å². The number of halogens is 1. The molecule has 30 valence electrons. The molecule has 0 unspecified atom stereocenters. The highest BCUT2D eigenvalue weighted by molar-refractivity contribution is 6.25. The molecule has 0 rings (SSSR count). The average Bonchev–Trinajstić information content (AvgIpc) is 1.41. The van der Waals surface area contributed by atoms with Gasteiger partial charge in [0.1, 0.15) is 0 Å². The monoisotopic (exact) mass is 92.0 g/mol. The molecule has 0 saturated carbocycles. The SMILES string of the molecule is OCC=CCl. The van der Waals surface area contributed by atoms with Gasteiger partial charge < -0.3 is 5.11 Å². The molecule has 0 heterocycles. The molecule has 2 heteroatoms. The minimum Gasteiger partial charge on any atom is -0.392 e. The van der Waals surface area contributed by atoms with Gasteiger partial charge in [0.2, 0.25) is 0 Å². The summed E-state index contributed by atoms with van der Waals surface area (Å²) in [7, 11) is 0. The molecule has 0 aliphatic heterocycles. The minimum atomic E-state index is 0.0312. The second-order valence-electron chi connectivity index (χ2n) is 0.544. The maximum atomic E-state index is 7.90. The van der Waals surface area contributed by atoms with Crippen LogP contribution in [-0.2, 0) is 0 Å². The van der Waals surface area contributed by atoms with E-state index in [1.807, 2.05) is 0 Å². The van der Waals surface area contributed by atoms with Crippen molar-refractivity contribution in [1.82, 2.24) is 0 Å². The Labute approximate surface area is 35.9 Å². The molecule has 0 aromatic rings. The second-order valence-corrected chi connectivity index (χ2v) is 0.796. The normalized spacial score (nSPS) is 10.0. The fourth-order valence-electron chi connectivity index (χ4n) is 0.0398. The molecule has 0 aromatic carbocycles. The van der Waals surface area contributed by atoms with Crippen molar-refractivity contribution in [2.75, 3.05) is 6.61 Å². The van der Waals surface area contributed by atoms with Gasteiger partial charge in [-0.2, -0.15) is 0 Å². The van der Waals surface area contributed by atoms with Crippen LogP contribution in [0.15, 0.2) is 11.6 Å². The third-order valence-corrected chi connectivity index (χ3v) is 0.373. The lowest BCUT2D eigenvalue weighted by atomic mass is 10.7. The first-order valence-corrected chi connectivity index (χ1v) is 1.71. The third kappa shape index (κ3) is 3.99. The molecule has 0 aliphatic carbocycles. The fourth-order valence-corrected chi connectivity index (χ4v) is 0.120. The van der Waals surface area contributed by atoms with E-state index in [0.29, 0.717) is 0 Å². The first kappa shape index (κ1) is 4.99. The summed E-state index contributed by atoms with van der Waals surface area (Å²) in [4.78, 5) is 0. The Kier molecular flexibility index (Phi) is 3.98. The maximum absolute atomic E-state index is 7.90. The molecule has 5 heavy (non-hydrogen) atoms. The van der Waals surface area contributed by atoms with Crippen LogP contribution in [0.5, 0.6) is 0 Å². The summed E-state index contributed by atoms with van der Waals surface area (Å²) in [6.07, 6.45) is 1.45. The highest BCUT2D eigenvalue weighted by Crippen LogP contribution is 1.72. The van der Waals surface area contributed by atoms with E-state index in [1.54, 1.807) is 0 Å². The highest BCUT2D eigenvalue weighted by Gasteiger charge is 1.54. The molecule has 0 saturated heterocycles. The molecule has 0 bridgehead atoms. The Bertz CT molecular complexity index is 33.9. The largest absolute Gasteiger partial charge is 0.392 e. The Morgan fingerprint density at radius 1 is 1.80 bits per heavy atom. The summed E-state index contributed by atoms with van der Waals surface area (Å²) in [5.41, 5.74) is 1.28. The van der Waals surface area contributed by atoms with Gasteiger partial charge in [-0.1, -0.05) is 11.6 Å². The van der Waals surface area contributed by atoms with E-state index in [-0.39, 0.29) is 6.61 Å². The summed E-state index contributed by atoms with van der Waals surface area (Å²) < 4.78 is 0. The summed E-state index contributed by atoms with van der Waals surface area (Å²) in [6, 6.07) is 0. The predicted molar refractivity (Wildman–Crippen MR) is 22.1 cm³/mol. The van der Waals surface area contributed by atoms with Crippen LogP contribution in [0.4, 0.5) is 0 Å². The quantitative estimate of drug-likeness (QED) is 0.506. The molecule has 0 amide bonds. The molecule has 0 spiro atoms. The van der Waals surface area contributed by atoms with Crippen molar-refractivity contribution in [3.63, 3.8) is 0 Å². The molecule has 0 aromatic heterocycles. The van der Waals surface area contributed by atoms with Crippen LogP contribution in [0, 0.1) is 0 Å². The predicted octanol–water partition coefficient (Wildman–Crippen LogP) is 0.731. The van der Waals surface area contributed by atoms with Crippen molar-refractivity contribution in [2.45, 2.75) is 0 Å². The van der Waals surface area contributed by atoms with E-state index in [1.165, 1.54) is 11.6 Å². The van der Waals surface area contributed by atoms with Gasteiger partial charge in [0, 0.05) is 5.54 Å². The van der Waals surface area contributed by atoms with Crippen LogP contribution in [-0.4, -0.2) is 11.7 Å².